The number of carbonyl (C=O) groups is 2. The summed E-state index contributed by atoms with van der Waals surface area (Å²) in [5.74, 6) is -0.580. The van der Waals surface area contributed by atoms with Gasteiger partial charge in [-0.25, -0.2) is 9.78 Å². The zero-order valence-electron chi connectivity index (χ0n) is 15.0. The van der Waals surface area contributed by atoms with Gasteiger partial charge in [-0.1, -0.05) is 48.5 Å². The summed E-state index contributed by atoms with van der Waals surface area (Å²) in [6.45, 7) is 2.52. The number of nitrogens with one attached hydrogen (secondary N) is 1. The van der Waals surface area contributed by atoms with E-state index < -0.39 is 0 Å². The number of benzene rings is 2. The lowest BCUT2D eigenvalue weighted by Gasteiger charge is -2.06. The number of ether oxygens (including phenoxy) is 1. The van der Waals surface area contributed by atoms with Crippen molar-refractivity contribution in [2.24, 2.45) is 0 Å². The minimum atomic E-state index is -0.364. The van der Waals surface area contributed by atoms with E-state index in [1.165, 1.54) is 6.08 Å². The highest BCUT2D eigenvalue weighted by Crippen LogP contribution is 2.12. The fourth-order valence-corrected chi connectivity index (χ4v) is 2.57. The SMILES string of the molecule is CCOC(=O)/C=C/c1ccc(CNC(=O)c2ccc3ccccc3n2)cc1. The predicted octanol–water partition coefficient (Wildman–Crippen LogP) is 3.74. The highest BCUT2D eigenvalue weighted by molar-refractivity contribution is 5.94. The Morgan fingerprint density at radius 1 is 1.04 bits per heavy atom. The molecule has 3 aromatic rings. The third-order valence-corrected chi connectivity index (χ3v) is 3.96. The molecule has 27 heavy (non-hydrogen) atoms. The van der Waals surface area contributed by atoms with Crippen LogP contribution in [-0.2, 0) is 16.1 Å². The summed E-state index contributed by atoms with van der Waals surface area (Å²) < 4.78 is 4.84. The van der Waals surface area contributed by atoms with Gasteiger partial charge >= 0.3 is 5.97 Å². The molecule has 0 fully saturated rings. The summed E-state index contributed by atoms with van der Waals surface area (Å²) in [4.78, 5) is 28.0. The first-order valence-corrected chi connectivity index (χ1v) is 8.73. The number of hydrogen-bond acceptors (Lipinski definition) is 4. The predicted molar refractivity (Wildman–Crippen MR) is 105 cm³/mol. The van der Waals surface area contributed by atoms with Gasteiger partial charge in [0.15, 0.2) is 0 Å². The topological polar surface area (TPSA) is 68.3 Å². The smallest absolute Gasteiger partial charge is 0.330 e. The van der Waals surface area contributed by atoms with E-state index in [2.05, 4.69) is 10.3 Å². The molecule has 5 nitrogen and oxygen atoms in total. The standard InChI is InChI=1S/C22H20N2O3/c1-2-27-21(25)14-11-16-7-9-17(10-8-16)15-23-22(26)20-13-12-18-5-3-4-6-19(18)24-20/h3-14H,2,15H2,1H3,(H,23,26)/b14-11+. The lowest BCUT2D eigenvalue weighted by Crippen LogP contribution is -2.23. The van der Waals surface area contributed by atoms with Crippen LogP contribution in [0.1, 0.15) is 28.5 Å². The minimum absolute atomic E-state index is 0.216. The number of para-hydroxylation sites is 1. The van der Waals surface area contributed by atoms with Crippen LogP contribution < -0.4 is 5.32 Å². The Labute approximate surface area is 157 Å². The van der Waals surface area contributed by atoms with Crippen molar-refractivity contribution < 1.29 is 14.3 Å². The van der Waals surface area contributed by atoms with Gasteiger partial charge in [0.25, 0.3) is 5.91 Å². The number of fused-ring (bicyclic) bond motifs is 1. The van der Waals surface area contributed by atoms with E-state index in [9.17, 15) is 9.59 Å². The van der Waals surface area contributed by atoms with Gasteiger partial charge in [-0.15, -0.1) is 0 Å². The second-order valence-corrected chi connectivity index (χ2v) is 5.90. The molecule has 3 rings (SSSR count). The Morgan fingerprint density at radius 2 is 1.81 bits per heavy atom. The molecule has 0 saturated carbocycles. The third kappa shape index (κ3) is 5.01. The van der Waals surface area contributed by atoms with Crippen molar-refractivity contribution in [1.29, 1.82) is 0 Å². The molecule has 0 spiro atoms. The number of hydrogen-bond donors (Lipinski definition) is 1. The van der Waals surface area contributed by atoms with Crippen LogP contribution in [0.3, 0.4) is 0 Å². The van der Waals surface area contributed by atoms with Gasteiger partial charge in [0.05, 0.1) is 12.1 Å². The molecule has 0 radical (unpaired) electrons. The molecule has 0 unspecified atom stereocenters. The van der Waals surface area contributed by atoms with E-state index in [1.807, 2.05) is 54.6 Å². The molecule has 0 aliphatic rings. The van der Waals surface area contributed by atoms with Crippen LogP contribution in [0, 0.1) is 0 Å². The maximum Gasteiger partial charge on any atom is 0.330 e. The fourth-order valence-electron chi connectivity index (χ4n) is 2.57. The molecular formula is C22H20N2O3. The summed E-state index contributed by atoms with van der Waals surface area (Å²) in [6.07, 6.45) is 3.09. The van der Waals surface area contributed by atoms with Gasteiger partial charge in [-0.3, -0.25) is 4.79 Å². The first kappa shape index (κ1) is 18.3. The Kier molecular flexibility index (Phi) is 5.94. The largest absolute Gasteiger partial charge is 0.463 e. The monoisotopic (exact) mass is 360 g/mol. The fraction of sp³-hybridized carbons (Fsp3) is 0.136. The third-order valence-electron chi connectivity index (χ3n) is 3.96. The molecule has 0 aliphatic heterocycles. The molecule has 0 bridgehead atoms. The average molecular weight is 360 g/mol. The van der Waals surface area contributed by atoms with Crippen molar-refractivity contribution in [1.82, 2.24) is 10.3 Å². The van der Waals surface area contributed by atoms with Crippen molar-refractivity contribution in [3.63, 3.8) is 0 Å². The number of esters is 1. The molecule has 136 valence electrons. The second kappa shape index (κ2) is 8.76. The van der Waals surface area contributed by atoms with Crippen LogP contribution >= 0.6 is 0 Å². The Balaban J connectivity index is 1.58. The van der Waals surface area contributed by atoms with Crippen LogP contribution in [0.25, 0.3) is 17.0 Å². The zero-order chi connectivity index (χ0) is 19.1. The molecule has 0 saturated heterocycles. The Bertz CT molecular complexity index is 978. The van der Waals surface area contributed by atoms with E-state index in [4.69, 9.17) is 4.74 Å². The second-order valence-electron chi connectivity index (χ2n) is 5.90. The van der Waals surface area contributed by atoms with Gasteiger partial charge < -0.3 is 10.1 Å². The van der Waals surface area contributed by atoms with Crippen LogP contribution in [0.15, 0.2) is 66.7 Å². The number of nitrogens with zero attached hydrogens (tertiary/aromatic N) is 1. The molecule has 1 amide bonds. The Morgan fingerprint density at radius 3 is 2.59 bits per heavy atom. The van der Waals surface area contributed by atoms with Crippen LogP contribution in [0.4, 0.5) is 0 Å². The van der Waals surface area contributed by atoms with Crippen LogP contribution in [0.2, 0.25) is 0 Å². The normalized spacial score (nSPS) is 10.9. The van der Waals surface area contributed by atoms with Gasteiger partial charge in [0.1, 0.15) is 5.69 Å². The number of carbonyl (C=O) groups excluding carboxylic acids is 2. The Hall–Kier alpha value is -3.47. The average Bonchev–Trinajstić information content (AvgIpc) is 2.71. The number of amides is 1. The van der Waals surface area contributed by atoms with Crippen molar-refractivity contribution in [3.8, 4) is 0 Å². The van der Waals surface area contributed by atoms with Crippen molar-refractivity contribution in [2.75, 3.05) is 6.61 Å². The molecule has 1 aromatic heterocycles. The molecule has 5 heteroatoms. The summed E-state index contributed by atoms with van der Waals surface area (Å²) in [5, 5.41) is 3.87. The summed E-state index contributed by atoms with van der Waals surface area (Å²) >= 11 is 0. The van der Waals surface area contributed by atoms with E-state index in [-0.39, 0.29) is 11.9 Å². The van der Waals surface area contributed by atoms with Crippen molar-refractivity contribution >= 4 is 28.9 Å². The van der Waals surface area contributed by atoms with E-state index in [0.717, 1.165) is 22.0 Å². The molecule has 1 heterocycles. The van der Waals surface area contributed by atoms with E-state index in [0.29, 0.717) is 18.8 Å². The first-order chi connectivity index (χ1) is 13.2. The number of pyridine rings is 1. The highest BCUT2D eigenvalue weighted by Gasteiger charge is 2.07. The quantitative estimate of drug-likeness (QED) is 0.537. The van der Waals surface area contributed by atoms with Gasteiger partial charge in [0.2, 0.25) is 0 Å². The maximum absolute atomic E-state index is 12.3. The number of aromatic nitrogens is 1. The van der Waals surface area contributed by atoms with Crippen LogP contribution in [0.5, 0.6) is 0 Å². The zero-order valence-corrected chi connectivity index (χ0v) is 15.0. The lowest BCUT2D eigenvalue weighted by atomic mass is 10.1. The minimum Gasteiger partial charge on any atom is -0.463 e. The van der Waals surface area contributed by atoms with Gasteiger partial charge in [-0.2, -0.15) is 0 Å². The van der Waals surface area contributed by atoms with Gasteiger partial charge in [-0.05, 0) is 36.3 Å². The molecule has 2 aromatic carbocycles. The molecule has 1 N–H and O–H groups in total. The van der Waals surface area contributed by atoms with Crippen molar-refractivity contribution in [2.45, 2.75) is 13.5 Å². The number of rotatable bonds is 6. The first-order valence-electron chi connectivity index (χ1n) is 8.73. The molecule has 0 atom stereocenters. The van der Waals surface area contributed by atoms with E-state index >= 15 is 0 Å². The lowest BCUT2D eigenvalue weighted by molar-refractivity contribution is -0.137. The highest BCUT2D eigenvalue weighted by atomic mass is 16.5. The molecular weight excluding hydrogens is 340 g/mol. The summed E-state index contributed by atoms with van der Waals surface area (Å²) in [7, 11) is 0. The van der Waals surface area contributed by atoms with E-state index in [1.54, 1.807) is 19.1 Å². The summed E-state index contributed by atoms with van der Waals surface area (Å²) in [5.41, 5.74) is 3.03. The molecule has 0 aliphatic carbocycles. The van der Waals surface area contributed by atoms with Gasteiger partial charge in [0, 0.05) is 18.0 Å². The summed E-state index contributed by atoms with van der Waals surface area (Å²) in [6, 6.07) is 18.9. The van der Waals surface area contributed by atoms with Crippen LogP contribution in [-0.4, -0.2) is 23.5 Å². The maximum atomic E-state index is 12.3. The van der Waals surface area contributed by atoms with Crippen molar-refractivity contribution in [3.05, 3.63) is 83.6 Å².